The van der Waals surface area contributed by atoms with Crippen LogP contribution < -0.4 is 5.32 Å². The van der Waals surface area contributed by atoms with Gasteiger partial charge in [0.1, 0.15) is 0 Å². The molecule has 1 saturated heterocycles. The van der Waals surface area contributed by atoms with Crippen molar-refractivity contribution in [3.05, 3.63) is 29.8 Å². The molecule has 0 radical (unpaired) electrons. The van der Waals surface area contributed by atoms with Crippen LogP contribution in [0, 0.1) is 0 Å². The molecule has 1 amide bonds. The molecule has 1 atom stereocenters. The van der Waals surface area contributed by atoms with E-state index in [4.69, 9.17) is 4.74 Å². The number of piperidine rings is 1. The van der Waals surface area contributed by atoms with Crippen molar-refractivity contribution in [3.63, 3.8) is 0 Å². The van der Waals surface area contributed by atoms with Gasteiger partial charge in [-0.05, 0) is 51.8 Å². The van der Waals surface area contributed by atoms with E-state index in [2.05, 4.69) is 5.32 Å². The van der Waals surface area contributed by atoms with Crippen LogP contribution in [-0.2, 0) is 19.6 Å². The Kier molecular flexibility index (Phi) is 6.77. The first kappa shape index (κ1) is 20.4. The van der Waals surface area contributed by atoms with E-state index < -0.39 is 28.5 Å². The fraction of sp³-hybridized carbons (Fsp3) is 0.556. The van der Waals surface area contributed by atoms with Crippen molar-refractivity contribution in [1.82, 2.24) is 9.62 Å². The van der Waals surface area contributed by atoms with Crippen LogP contribution in [0.5, 0.6) is 0 Å². The number of sulfonamides is 1. The molecule has 1 fully saturated rings. The molecule has 0 aromatic heterocycles. The van der Waals surface area contributed by atoms with Crippen molar-refractivity contribution in [3.8, 4) is 0 Å². The van der Waals surface area contributed by atoms with Crippen molar-refractivity contribution in [1.29, 1.82) is 0 Å². The average molecular weight is 382 g/mol. The Morgan fingerprint density at radius 1 is 1.31 bits per heavy atom. The summed E-state index contributed by atoms with van der Waals surface area (Å²) in [5.74, 6) is -1.13. The summed E-state index contributed by atoms with van der Waals surface area (Å²) in [4.78, 5) is 23.8. The molecule has 1 aromatic rings. The summed E-state index contributed by atoms with van der Waals surface area (Å²) >= 11 is 0. The third kappa shape index (κ3) is 5.04. The summed E-state index contributed by atoms with van der Waals surface area (Å²) in [6, 6.07) is 5.64. The van der Waals surface area contributed by atoms with Crippen molar-refractivity contribution >= 4 is 21.9 Å². The molecule has 8 heteroatoms. The van der Waals surface area contributed by atoms with Crippen LogP contribution in [-0.4, -0.2) is 49.8 Å². The fourth-order valence-corrected chi connectivity index (χ4v) is 4.67. The number of hydrogen-bond donors (Lipinski definition) is 1. The Bertz CT molecular complexity index is 761. The third-order valence-corrected chi connectivity index (χ3v) is 6.21. The van der Waals surface area contributed by atoms with E-state index >= 15 is 0 Å². The fourth-order valence-electron chi connectivity index (χ4n) is 2.93. The largest absolute Gasteiger partial charge is 0.452 e. The number of ether oxygens (including phenoxy) is 1. The standard InChI is InChI=1S/C18H26N2O5S/c1-13(2)19-17(21)12-25-18(22)15-8-6-9-16(11-15)26(23,24)20-10-5-4-7-14(20)3/h6,8-9,11,13-14H,4-5,7,10,12H2,1-3H3,(H,19,21)/t14-/m1/s1. The van der Waals surface area contributed by atoms with Gasteiger partial charge in [0, 0.05) is 18.6 Å². The zero-order chi connectivity index (χ0) is 19.3. The molecular formula is C18H26N2O5S. The maximum absolute atomic E-state index is 12.9. The number of esters is 1. The minimum Gasteiger partial charge on any atom is -0.452 e. The van der Waals surface area contributed by atoms with Crippen LogP contribution >= 0.6 is 0 Å². The van der Waals surface area contributed by atoms with Gasteiger partial charge in [-0.2, -0.15) is 4.31 Å². The normalized spacial score (nSPS) is 18.5. The number of hydrogen-bond acceptors (Lipinski definition) is 5. The molecule has 1 heterocycles. The molecule has 2 rings (SSSR count). The van der Waals surface area contributed by atoms with Crippen LogP contribution in [0.1, 0.15) is 50.4 Å². The number of nitrogens with one attached hydrogen (secondary N) is 1. The summed E-state index contributed by atoms with van der Waals surface area (Å²) < 4.78 is 32.2. The van der Waals surface area contributed by atoms with Gasteiger partial charge in [-0.3, -0.25) is 4.79 Å². The van der Waals surface area contributed by atoms with E-state index in [1.807, 2.05) is 6.92 Å². The molecular weight excluding hydrogens is 356 g/mol. The minimum atomic E-state index is -3.67. The first-order valence-electron chi connectivity index (χ1n) is 8.80. The highest BCUT2D eigenvalue weighted by atomic mass is 32.2. The number of benzene rings is 1. The number of carbonyl (C=O) groups is 2. The lowest BCUT2D eigenvalue weighted by Crippen LogP contribution is -2.41. The summed E-state index contributed by atoms with van der Waals surface area (Å²) in [6.07, 6.45) is 2.67. The smallest absolute Gasteiger partial charge is 0.338 e. The van der Waals surface area contributed by atoms with Gasteiger partial charge in [0.15, 0.2) is 6.61 Å². The van der Waals surface area contributed by atoms with Crippen molar-refractivity contribution in [2.75, 3.05) is 13.2 Å². The molecule has 7 nitrogen and oxygen atoms in total. The van der Waals surface area contributed by atoms with Crippen LogP contribution in [0.15, 0.2) is 29.2 Å². The Morgan fingerprint density at radius 2 is 2.04 bits per heavy atom. The number of carbonyl (C=O) groups excluding carboxylic acids is 2. The first-order chi connectivity index (χ1) is 12.2. The van der Waals surface area contributed by atoms with Gasteiger partial charge in [-0.25, -0.2) is 13.2 Å². The topological polar surface area (TPSA) is 92.8 Å². The highest BCUT2D eigenvalue weighted by Crippen LogP contribution is 2.25. The summed E-state index contributed by atoms with van der Waals surface area (Å²) in [7, 11) is -3.67. The average Bonchev–Trinajstić information content (AvgIpc) is 2.59. The maximum Gasteiger partial charge on any atom is 0.338 e. The van der Waals surface area contributed by atoms with Crippen LogP contribution in [0.3, 0.4) is 0 Å². The molecule has 0 bridgehead atoms. The minimum absolute atomic E-state index is 0.0544. The van der Waals surface area contributed by atoms with Crippen LogP contribution in [0.4, 0.5) is 0 Å². The van der Waals surface area contributed by atoms with Gasteiger partial charge in [-0.1, -0.05) is 12.5 Å². The SMILES string of the molecule is CC(C)NC(=O)COC(=O)c1cccc(S(=O)(=O)N2CCCC[C@H]2C)c1. The Balaban J connectivity index is 2.11. The van der Waals surface area contributed by atoms with Gasteiger partial charge in [0.05, 0.1) is 10.5 Å². The lowest BCUT2D eigenvalue weighted by atomic mass is 10.1. The quantitative estimate of drug-likeness (QED) is 0.759. The van der Waals surface area contributed by atoms with Crippen LogP contribution in [0.2, 0.25) is 0 Å². The lowest BCUT2D eigenvalue weighted by Gasteiger charge is -2.32. The first-order valence-corrected chi connectivity index (χ1v) is 10.2. The van der Waals surface area contributed by atoms with Crippen molar-refractivity contribution < 1.29 is 22.7 Å². The maximum atomic E-state index is 12.9. The van der Waals surface area contributed by atoms with Gasteiger partial charge in [0.25, 0.3) is 5.91 Å². The number of nitrogens with zero attached hydrogens (tertiary/aromatic N) is 1. The molecule has 1 aromatic carbocycles. The molecule has 1 aliphatic rings. The van der Waals surface area contributed by atoms with Gasteiger partial charge < -0.3 is 10.1 Å². The van der Waals surface area contributed by atoms with Crippen molar-refractivity contribution in [2.24, 2.45) is 0 Å². The molecule has 0 unspecified atom stereocenters. The van der Waals surface area contributed by atoms with Gasteiger partial charge in [0.2, 0.25) is 10.0 Å². The predicted octanol–water partition coefficient (Wildman–Crippen LogP) is 1.93. The number of amides is 1. The lowest BCUT2D eigenvalue weighted by molar-refractivity contribution is -0.124. The molecule has 1 N–H and O–H groups in total. The van der Waals surface area contributed by atoms with Gasteiger partial charge in [-0.15, -0.1) is 0 Å². The van der Waals surface area contributed by atoms with Crippen LogP contribution in [0.25, 0.3) is 0 Å². The van der Waals surface area contributed by atoms with E-state index in [1.165, 1.54) is 28.6 Å². The Labute approximate surface area is 154 Å². The molecule has 0 saturated carbocycles. The second-order valence-corrected chi connectivity index (χ2v) is 8.68. The molecule has 26 heavy (non-hydrogen) atoms. The summed E-state index contributed by atoms with van der Waals surface area (Å²) in [5, 5.41) is 2.61. The number of rotatable bonds is 6. The molecule has 1 aliphatic heterocycles. The van der Waals surface area contributed by atoms with E-state index in [-0.39, 0.29) is 22.5 Å². The highest BCUT2D eigenvalue weighted by Gasteiger charge is 2.31. The second-order valence-electron chi connectivity index (χ2n) is 6.79. The summed E-state index contributed by atoms with van der Waals surface area (Å²) in [5.41, 5.74) is 0.105. The van der Waals surface area contributed by atoms with E-state index in [0.717, 1.165) is 19.3 Å². The Morgan fingerprint density at radius 3 is 2.69 bits per heavy atom. The predicted molar refractivity (Wildman–Crippen MR) is 97.2 cm³/mol. The summed E-state index contributed by atoms with van der Waals surface area (Å²) in [6.45, 7) is 5.57. The van der Waals surface area contributed by atoms with E-state index in [1.54, 1.807) is 13.8 Å². The Hall–Kier alpha value is -1.93. The van der Waals surface area contributed by atoms with Gasteiger partial charge >= 0.3 is 5.97 Å². The van der Waals surface area contributed by atoms with E-state index in [0.29, 0.717) is 6.54 Å². The zero-order valence-electron chi connectivity index (χ0n) is 15.4. The molecule has 0 spiro atoms. The van der Waals surface area contributed by atoms with E-state index in [9.17, 15) is 18.0 Å². The van der Waals surface area contributed by atoms with Crippen molar-refractivity contribution in [2.45, 2.75) is 57.0 Å². The third-order valence-electron chi connectivity index (χ3n) is 4.20. The highest BCUT2D eigenvalue weighted by molar-refractivity contribution is 7.89. The molecule has 144 valence electrons. The second kappa shape index (κ2) is 8.64. The monoisotopic (exact) mass is 382 g/mol. The zero-order valence-corrected chi connectivity index (χ0v) is 16.2. The molecule has 0 aliphatic carbocycles.